The normalized spacial score (nSPS) is 28.6. The summed E-state index contributed by atoms with van der Waals surface area (Å²) in [5.74, 6) is -1.80. The lowest BCUT2D eigenvalue weighted by atomic mass is 9.81. The molecule has 1 atom stereocenters. The Kier molecular flexibility index (Phi) is 6.95. The number of nitrogens with one attached hydrogen (secondary N) is 1. The molecule has 9 heteroatoms. The van der Waals surface area contributed by atoms with E-state index in [2.05, 4.69) is 17.4 Å². The molecule has 1 saturated carbocycles. The molecule has 0 aromatic heterocycles. The first kappa shape index (κ1) is 22.9. The maximum absolute atomic E-state index is 12.8. The second-order valence-electron chi connectivity index (χ2n) is 9.13. The largest absolute Gasteiger partial charge is 0.353 e. The molecule has 1 unspecified atom stereocenters. The Balaban J connectivity index is 1.24. The van der Waals surface area contributed by atoms with Crippen LogP contribution in [-0.4, -0.2) is 86.1 Å². The maximum Gasteiger partial charge on any atom is 0.290 e. The molecule has 1 aromatic rings. The lowest BCUT2D eigenvalue weighted by molar-refractivity contribution is -0.142. The van der Waals surface area contributed by atoms with E-state index in [-0.39, 0.29) is 30.0 Å². The van der Waals surface area contributed by atoms with Crippen LogP contribution in [0, 0.1) is 5.92 Å². The summed E-state index contributed by atoms with van der Waals surface area (Å²) in [5.41, 5.74) is 1.33. The Morgan fingerprint density at radius 1 is 0.969 bits per heavy atom. The molecule has 2 heterocycles. The fourth-order valence-electron chi connectivity index (χ4n) is 4.92. The molecule has 0 spiro atoms. The van der Waals surface area contributed by atoms with E-state index in [0.717, 1.165) is 25.7 Å². The van der Waals surface area contributed by atoms with Crippen LogP contribution in [0.5, 0.6) is 0 Å². The lowest BCUT2D eigenvalue weighted by Gasteiger charge is -2.30. The molecule has 1 aromatic carbocycles. The van der Waals surface area contributed by atoms with E-state index in [1.807, 2.05) is 23.1 Å². The van der Waals surface area contributed by atoms with Crippen molar-refractivity contribution in [3.63, 3.8) is 0 Å². The lowest BCUT2D eigenvalue weighted by Crippen LogP contribution is -2.44. The average Bonchev–Trinajstić information content (AvgIpc) is 3.08. The van der Waals surface area contributed by atoms with Crippen molar-refractivity contribution >= 4 is 27.4 Å². The minimum atomic E-state index is -2.96. The number of rotatable bonds is 6. The highest BCUT2D eigenvalue weighted by molar-refractivity contribution is 7.91. The molecular formula is C23H31N3O5S. The topological polar surface area (TPSA) is 104 Å². The maximum atomic E-state index is 12.8. The van der Waals surface area contributed by atoms with E-state index < -0.39 is 27.4 Å². The van der Waals surface area contributed by atoms with Gasteiger partial charge in [-0.1, -0.05) is 30.3 Å². The van der Waals surface area contributed by atoms with E-state index in [1.54, 1.807) is 0 Å². The van der Waals surface area contributed by atoms with Gasteiger partial charge in [0.05, 0.1) is 11.5 Å². The van der Waals surface area contributed by atoms with E-state index in [0.29, 0.717) is 32.1 Å². The molecule has 2 aliphatic heterocycles. The Labute approximate surface area is 189 Å². The summed E-state index contributed by atoms with van der Waals surface area (Å²) in [6.07, 6.45) is 3.71. The van der Waals surface area contributed by atoms with Gasteiger partial charge in [-0.25, -0.2) is 8.42 Å². The van der Waals surface area contributed by atoms with Crippen molar-refractivity contribution in [1.29, 1.82) is 0 Å². The number of carbonyl (C=O) groups excluding carboxylic acids is 3. The first-order chi connectivity index (χ1) is 15.3. The van der Waals surface area contributed by atoms with Crippen LogP contribution in [0.15, 0.2) is 30.3 Å². The fraction of sp³-hybridized carbons (Fsp3) is 0.609. The molecule has 0 bridgehead atoms. The van der Waals surface area contributed by atoms with Crippen LogP contribution in [0.25, 0.3) is 0 Å². The summed E-state index contributed by atoms with van der Waals surface area (Å²) in [6.45, 7) is 1.82. The van der Waals surface area contributed by atoms with Gasteiger partial charge in [0.1, 0.15) is 5.92 Å². The van der Waals surface area contributed by atoms with Crippen LogP contribution in [0.1, 0.15) is 37.2 Å². The highest BCUT2D eigenvalue weighted by atomic mass is 32.2. The van der Waals surface area contributed by atoms with Gasteiger partial charge in [0.25, 0.3) is 5.91 Å². The molecule has 1 N–H and O–H groups in total. The van der Waals surface area contributed by atoms with Crippen molar-refractivity contribution in [3.05, 3.63) is 35.9 Å². The van der Waals surface area contributed by atoms with Gasteiger partial charge in [0.2, 0.25) is 11.7 Å². The Bertz CT molecular complexity index is 943. The minimum Gasteiger partial charge on any atom is -0.353 e. The van der Waals surface area contributed by atoms with Crippen molar-refractivity contribution in [2.24, 2.45) is 5.92 Å². The Hall–Kier alpha value is -2.26. The zero-order valence-corrected chi connectivity index (χ0v) is 19.1. The van der Waals surface area contributed by atoms with Gasteiger partial charge in [-0.15, -0.1) is 0 Å². The minimum absolute atomic E-state index is 0.0368. The molecule has 2 saturated heterocycles. The molecule has 2 amide bonds. The summed E-state index contributed by atoms with van der Waals surface area (Å²) in [5, 5.41) is 3.00. The Morgan fingerprint density at radius 2 is 1.62 bits per heavy atom. The number of ketones is 1. The zero-order valence-electron chi connectivity index (χ0n) is 18.2. The molecule has 3 aliphatic rings. The molecule has 3 fully saturated rings. The van der Waals surface area contributed by atoms with Gasteiger partial charge in [0, 0.05) is 38.8 Å². The molecular weight excluding hydrogens is 430 g/mol. The van der Waals surface area contributed by atoms with E-state index in [4.69, 9.17) is 0 Å². The van der Waals surface area contributed by atoms with E-state index in [1.165, 1.54) is 10.5 Å². The summed E-state index contributed by atoms with van der Waals surface area (Å²) < 4.78 is 23.1. The van der Waals surface area contributed by atoms with Crippen LogP contribution in [0.4, 0.5) is 0 Å². The third kappa shape index (κ3) is 5.38. The number of hydrogen-bond acceptors (Lipinski definition) is 6. The highest BCUT2D eigenvalue weighted by Crippen LogP contribution is 2.33. The predicted octanol–water partition coefficient (Wildman–Crippen LogP) is 0.587. The number of sulfone groups is 1. The predicted molar refractivity (Wildman–Crippen MR) is 120 cm³/mol. The molecule has 0 radical (unpaired) electrons. The van der Waals surface area contributed by atoms with Crippen molar-refractivity contribution in [2.75, 3.05) is 44.2 Å². The molecule has 174 valence electrons. The summed E-state index contributed by atoms with van der Waals surface area (Å²) in [6, 6.07) is 10.4. The number of Topliss-reactive ketones (excluding diaryl/α,β-unsaturated/α-hetero) is 1. The van der Waals surface area contributed by atoms with E-state index in [9.17, 15) is 22.8 Å². The SMILES string of the molecule is O=C(NC1CCC(c2ccccc2)CC1)C1CN(CCN2CCS(=O)(=O)CC2)C(=O)C1=O. The standard InChI is InChI=1S/C23H31N3O5S/c27-21-20(16-26(23(21)29)11-10-25-12-14-32(30,31)15-13-25)22(28)24-19-8-6-18(7-9-19)17-4-2-1-3-5-17/h1-5,18-20H,6-16H2,(H,24,28). The van der Waals surface area contributed by atoms with E-state index >= 15 is 0 Å². The fourth-order valence-corrected chi connectivity index (χ4v) is 6.20. The van der Waals surface area contributed by atoms with Crippen molar-refractivity contribution in [3.8, 4) is 0 Å². The van der Waals surface area contributed by atoms with Crippen LogP contribution in [0.3, 0.4) is 0 Å². The molecule has 32 heavy (non-hydrogen) atoms. The first-order valence-corrected chi connectivity index (χ1v) is 13.3. The number of nitrogens with zero attached hydrogens (tertiary/aromatic N) is 2. The quantitative estimate of drug-likeness (QED) is 0.491. The van der Waals surface area contributed by atoms with Crippen molar-refractivity contribution in [2.45, 2.75) is 37.6 Å². The second kappa shape index (κ2) is 9.70. The third-order valence-corrected chi connectivity index (χ3v) is 8.61. The molecule has 4 rings (SSSR count). The third-order valence-electron chi connectivity index (χ3n) is 7.00. The molecule has 1 aliphatic carbocycles. The van der Waals surface area contributed by atoms with Gasteiger partial charge in [-0.05, 0) is 37.2 Å². The number of carbonyl (C=O) groups is 3. The van der Waals surface area contributed by atoms with Gasteiger partial charge in [0.15, 0.2) is 9.84 Å². The second-order valence-corrected chi connectivity index (χ2v) is 11.4. The van der Waals surface area contributed by atoms with Crippen LogP contribution in [0.2, 0.25) is 0 Å². The summed E-state index contributed by atoms with van der Waals surface area (Å²) in [7, 11) is -2.96. The summed E-state index contributed by atoms with van der Waals surface area (Å²) >= 11 is 0. The monoisotopic (exact) mass is 461 g/mol. The van der Waals surface area contributed by atoms with Crippen molar-refractivity contribution < 1.29 is 22.8 Å². The average molecular weight is 462 g/mol. The number of amides is 2. The number of hydrogen-bond donors (Lipinski definition) is 1. The molecule has 8 nitrogen and oxygen atoms in total. The smallest absolute Gasteiger partial charge is 0.290 e. The van der Waals surface area contributed by atoms with Crippen LogP contribution >= 0.6 is 0 Å². The van der Waals surface area contributed by atoms with Gasteiger partial charge >= 0.3 is 0 Å². The number of benzene rings is 1. The van der Waals surface area contributed by atoms with Gasteiger partial charge in [-0.3, -0.25) is 19.3 Å². The van der Waals surface area contributed by atoms with Crippen molar-refractivity contribution in [1.82, 2.24) is 15.1 Å². The van der Waals surface area contributed by atoms with Gasteiger partial charge in [-0.2, -0.15) is 0 Å². The summed E-state index contributed by atoms with van der Waals surface area (Å²) in [4.78, 5) is 41.0. The zero-order chi connectivity index (χ0) is 22.7. The van der Waals surface area contributed by atoms with Gasteiger partial charge < -0.3 is 10.2 Å². The van der Waals surface area contributed by atoms with Crippen LogP contribution in [-0.2, 0) is 24.2 Å². The first-order valence-electron chi connectivity index (χ1n) is 11.4. The number of likely N-dealkylation sites (tertiary alicyclic amines) is 1. The highest BCUT2D eigenvalue weighted by Gasteiger charge is 2.43. The Morgan fingerprint density at radius 3 is 2.28 bits per heavy atom. The van der Waals surface area contributed by atoms with Crippen LogP contribution < -0.4 is 5.32 Å².